The largest absolute Gasteiger partial charge is 0.472 e. The Morgan fingerprint density at radius 1 is 0.471 bits per heavy atom. The minimum atomic E-state index is -4.39. The molecule has 0 radical (unpaired) electrons. The molecule has 0 amide bonds. The van der Waals surface area contributed by atoms with Crippen LogP contribution in [0.5, 0.6) is 0 Å². The number of quaternary nitrogens is 1. The summed E-state index contributed by atoms with van der Waals surface area (Å²) in [5.74, 6) is -0.821. The Bertz CT molecular complexity index is 1420. The Kier molecular flexibility index (Phi) is 47.2. The number of phosphoric acid groups is 1. The van der Waals surface area contributed by atoms with E-state index in [-0.39, 0.29) is 32.0 Å². The van der Waals surface area contributed by atoms with Crippen LogP contribution in [-0.2, 0) is 32.7 Å². The highest BCUT2D eigenvalue weighted by molar-refractivity contribution is 7.47. The van der Waals surface area contributed by atoms with E-state index >= 15 is 0 Å². The first-order valence-corrected chi connectivity index (χ1v) is 28.8. The molecule has 0 bridgehead atoms. The third-order valence-corrected chi connectivity index (χ3v) is 12.4. The first-order chi connectivity index (χ1) is 33.0. The molecule has 0 aromatic rings. The lowest BCUT2D eigenvalue weighted by Crippen LogP contribution is -2.37. The molecule has 0 saturated carbocycles. The van der Waals surface area contributed by atoms with Crippen molar-refractivity contribution in [1.29, 1.82) is 0 Å². The molecule has 0 rings (SSSR count). The van der Waals surface area contributed by atoms with E-state index in [4.69, 9.17) is 18.5 Å². The normalized spacial score (nSPS) is 14.0. The van der Waals surface area contributed by atoms with Gasteiger partial charge in [-0.2, -0.15) is 0 Å². The van der Waals surface area contributed by atoms with Crippen LogP contribution in [0.3, 0.4) is 0 Å². The van der Waals surface area contributed by atoms with Crippen molar-refractivity contribution < 1.29 is 42.1 Å². The highest BCUT2D eigenvalue weighted by atomic mass is 31.2. The lowest BCUT2D eigenvalue weighted by Gasteiger charge is -2.24. The highest BCUT2D eigenvalue weighted by Gasteiger charge is 2.27. The van der Waals surface area contributed by atoms with Gasteiger partial charge in [0.25, 0.3) is 0 Å². The van der Waals surface area contributed by atoms with Gasteiger partial charge in [0.15, 0.2) is 6.10 Å². The van der Waals surface area contributed by atoms with Crippen molar-refractivity contribution in [3.63, 3.8) is 0 Å². The second-order valence-electron chi connectivity index (χ2n) is 19.2. The second-order valence-corrected chi connectivity index (χ2v) is 20.7. The number of phosphoric ester groups is 1. The summed E-state index contributed by atoms with van der Waals surface area (Å²) >= 11 is 0. The molecule has 2 atom stereocenters. The van der Waals surface area contributed by atoms with Crippen molar-refractivity contribution in [2.75, 3.05) is 47.5 Å². The Morgan fingerprint density at radius 3 is 1.25 bits per heavy atom. The Hall–Kier alpha value is -2.81. The third kappa shape index (κ3) is 52.6. The minimum absolute atomic E-state index is 0.0238. The molecule has 68 heavy (non-hydrogen) atoms. The van der Waals surface area contributed by atoms with E-state index in [1.54, 1.807) is 0 Å². The summed E-state index contributed by atoms with van der Waals surface area (Å²) < 4.78 is 34.5. The van der Waals surface area contributed by atoms with Crippen molar-refractivity contribution in [3.05, 3.63) is 85.1 Å². The van der Waals surface area contributed by atoms with Crippen molar-refractivity contribution in [1.82, 2.24) is 0 Å². The lowest BCUT2D eigenvalue weighted by molar-refractivity contribution is -0.870. The Balaban J connectivity index is 4.24. The van der Waals surface area contributed by atoms with Crippen molar-refractivity contribution in [3.8, 4) is 0 Å². The smallest absolute Gasteiger partial charge is 0.462 e. The summed E-state index contributed by atoms with van der Waals surface area (Å²) in [7, 11) is 1.45. The van der Waals surface area contributed by atoms with Crippen LogP contribution in [0.1, 0.15) is 219 Å². The van der Waals surface area contributed by atoms with Gasteiger partial charge in [0.05, 0.1) is 27.7 Å². The zero-order chi connectivity index (χ0) is 49.9. The van der Waals surface area contributed by atoms with Crippen LogP contribution in [0.25, 0.3) is 0 Å². The number of unbranched alkanes of at least 4 members (excludes halogenated alkanes) is 21. The van der Waals surface area contributed by atoms with Crippen LogP contribution in [0, 0.1) is 0 Å². The fourth-order valence-electron chi connectivity index (χ4n) is 7.19. The van der Waals surface area contributed by atoms with E-state index in [1.165, 1.54) is 89.9 Å². The zero-order valence-electron chi connectivity index (χ0n) is 44.3. The average Bonchev–Trinajstić information content (AvgIpc) is 3.30. The van der Waals surface area contributed by atoms with Gasteiger partial charge in [0.1, 0.15) is 19.8 Å². The van der Waals surface area contributed by atoms with Gasteiger partial charge in [-0.15, -0.1) is 0 Å². The molecule has 0 aliphatic rings. The molecule has 0 aliphatic carbocycles. The average molecular weight is 973 g/mol. The summed E-state index contributed by atoms with van der Waals surface area (Å²) in [6, 6.07) is 0. The monoisotopic (exact) mass is 973 g/mol. The maximum Gasteiger partial charge on any atom is 0.472 e. The van der Waals surface area contributed by atoms with E-state index in [0.29, 0.717) is 17.4 Å². The fourth-order valence-corrected chi connectivity index (χ4v) is 7.93. The molecular formula is C58H103NO8P+. The van der Waals surface area contributed by atoms with Gasteiger partial charge in [-0.1, -0.05) is 202 Å². The van der Waals surface area contributed by atoms with E-state index < -0.39 is 26.5 Å². The van der Waals surface area contributed by atoms with Crippen LogP contribution in [-0.4, -0.2) is 74.9 Å². The summed E-state index contributed by atoms with van der Waals surface area (Å²) in [5.41, 5.74) is 0. The van der Waals surface area contributed by atoms with E-state index in [0.717, 1.165) is 96.3 Å². The predicted molar refractivity (Wildman–Crippen MR) is 289 cm³/mol. The number of hydrogen-bond acceptors (Lipinski definition) is 7. The molecule has 1 N–H and O–H groups in total. The maximum atomic E-state index is 12.8. The fraction of sp³-hybridized carbons (Fsp3) is 0.724. The highest BCUT2D eigenvalue weighted by Crippen LogP contribution is 2.43. The SMILES string of the molecule is CC/C=C\C/C=C\C/C=C\C/C=C\CCCCCCCCC(=O)OC(COC(=O)CCCCCCCCCCCC/C=C\C/C=C\C/C=C\CCCCCCC)COP(=O)(O)OCC[N+](C)(C)C. The number of allylic oxidation sites excluding steroid dienone is 14. The molecular weight excluding hydrogens is 870 g/mol. The van der Waals surface area contributed by atoms with E-state index in [1.807, 2.05) is 21.1 Å². The quantitative estimate of drug-likeness (QED) is 0.0211. The molecule has 0 saturated heterocycles. The van der Waals surface area contributed by atoms with Crippen LogP contribution in [0.2, 0.25) is 0 Å². The van der Waals surface area contributed by atoms with E-state index in [2.05, 4.69) is 98.9 Å². The number of nitrogens with zero attached hydrogens (tertiary/aromatic N) is 1. The molecule has 2 unspecified atom stereocenters. The van der Waals surface area contributed by atoms with Crippen LogP contribution >= 0.6 is 7.82 Å². The van der Waals surface area contributed by atoms with Gasteiger partial charge in [-0.3, -0.25) is 18.6 Å². The van der Waals surface area contributed by atoms with Crippen LogP contribution < -0.4 is 0 Å². The molecule has 0 fully saturated rings. The molecule has 0 spiro atoms. The lowest BCUT2D eigenvalue weighted by atomic mass is 10.1. The predicted octanol–water partition coefficient (Wildman–Crippen LogP) is 16.7. The summed E-state index contributed by atoms with van der Waals surface area (Å²) in [6.07, 6.45) is 64.9. The Labute approximate surface area is 418 Å². The van der Waals surface area contributed by atoms with Gasteiger partial charge in [-0.05, 0) is 89.9 Å². The number of hydrogen-bond donors (Lipinski definition) is 1. The maximum absolute atomic E-state index is 12.8. The molecule has 9 nitrogen and oxygen atoms in total. The molecule has 10 heteroatoms. The zero-order valence-corrected chi connectivity index (χ0v) is 45.2. The van der Waals surface area contributed by atoms with Gasteiger partial charge in [-0.25, -0.2) is 4.57 Å². The van der Waals surface area contributed by atoms with Crippen molar-refractivity contribution in [2.45, 2.75) is 225 Å². The first-order valence-electron chi connectivity index (χ1n) is 27.3. The van der Waals surface area contributed by atoms with Crippen LogP contribution in [0.15, 0.2) is 85.1 Å². The molecule has 0 heterocycles. The van der Waals surface area contributed by atoms with Gasteiger partial charge >= 0.3 is 19.8 Å². The summed E-state index contributed by atoms with van der Waals surface area (Å²) in [6.45, 7) is 4.28. The number of ether oxygens (including phenoxy) is 2. The van der Waals surface area contributed by atoms with Gasteiger partial charge < -0.3 is 18.9 Å². The number of likely N-dealkylation sites (N-methyl/N-ethyl adjacent to an activating group) is 1. The second kappa shape index (κ2) is 49.2. The van der Waals surface area contributed by atoms with E-state index in [9.17, 15) is 19.0 Å². The van der Waals surface area contributed by atoms with Crippen molar-refractivity contribution >= 4 is 19.8 Å². The first kappa shape index (κ1) is 65.2. The molecule has 0 aromatic heterocycles. The topological polar surface area (TPSA) is 108 Å². The van der Waals surface area contributed by atoms with Gasteiger partial charge in [0, 0.05) is 12.8 Å². The minimum Gasteiger partial charge on any atom is -0.462 e. The van der Waals surface area contributed by atoms with Crippen LogP contribution in [0.4, 0.5) is 0 Å². The number of esters is 2. The van der Waals surface area contributed by atoms with Crippen molar-refractivity contribution in [2.24, 2.45) is 0 Å². The number of carbonyl (C=O) groups excluding carboxylic acids is 2. The third-order valence-electron chi connectivity index (χ3n) is 11.4. The molecule has 0 aromatic carbocycles. The molecule has 0 aliphatic heterocycles. The van der Waals surface area contributed by atoms with Gasteiger partial charge in [0.2, 0.25) is 0 Å². The summed E-state index contributed by atoms with van der Waals surface area (Å²) in [5, 5.41) is 0. The standard InChI is InChI=1S/C58H102NO8P/c1-6-8-10-12-14-16-18-20-22-24-26-27-28-29-30-31-33-34-36-38-40-42-44-46-48-50-57(60)64-54-56(55-66-68(62,63)65-53-52-59(3,4)5)67-58(61)51-49-47-45-43-41-39-37-35-32-25-23-21-19-17-15-13-11-9-7-2/h9,11,15,17-18,20-21,23-24,26,28-29,32,35,56H,6-8,10,12-14,16,19,22,25,27,30-31,33-34,36-55H2,1-5H3/p+1/b11-9-,17-15-,20-18-,23-21-,26-24-,29-28-,35-32-. The summed E-state index contributed by atoms with van der Waals surface area (Å²) in [4.78, 5) is 35.6. The Morgan fingerprint density at radius 2 is 0.838 bits per heavy atom. The molecule has 392 valence electrons. The number of rotatable bonds is 49. The number of carbonyl (C=O) groups is 2.